The zero-order chi connectivity index (χ0) is 33.0. The van der Waals surface area contributed by atoms with Crippen LogP contribution < -0.4 is 20.3 Å². The molecular weight excluding hydrogens is 654 g/mol. The number of anilines is 1. The van der Waals surface area contributed by atoms with Crippen LogP contribution in [0.5, 0.6) is 11.5 Å². The number of ether oxygens (including phenoxy) is 2. The van der Waals surface area contributed by atoms with Crippen LogP contribution in [0.3, 0.4) is 0 Å². The molecule has 0 radical (unpaired) electrons. The van der Waals surface area contributed by atoms with Crippen LogP contribution in [0.1, 0.15) is 36.5 Å². The Balaban J connectivity index is 1.63. The van der Waals surface area contributed by atoms with Crippen molar-refractivity contribution < 1.29 is 19.2 Å². The van der Waals surface area contributed by atoms with Crippen molar-refractivity contribution in [1.82, 2.24) is 9.66 Å². The van der Waals surface area contributed by atoms with Crippen LogP contribution in [-0.2, 0) is 4.79 Å². The second-order valence-corrected chi connectivity index (χ2v) is 11.6. The molecule has 5 rings (SSSR count). The van der Waals surface area contributed by atoms with Gasteiger partial charge in [0.1, 0.15) is 5.75 Å². The molecule has 0 aliphatic heterocycles. The first-order valence-corrected chi connectivity index (χ1v) is 15.1. The number of hydrogen-bond acceptors (Lipinski definition) is 8. The highest BCUT2D eigenvalue weighted by Gasteiger charge is 2.23. The summed E-state index contributed by atoms with van der Waals surface area (Å²) in [4.78, 5) is 42.8. The minimum absolute atomic E-state index is 0.111. The molecule has 0 saturated heterocycles. The lowest BCUT2D eigenvalue weighted by atomic mass is 9.96. The highest BCUT2D eigenvalue weighted by molar-refractivity contribution is 9.10. The molecule has 0 atom stereocenters. The van der Waals surface area contributed by atoms with Crippen LogP contribution in [0.2, 0.25) is 0 Å². The van der Waals surface area contributed by atoms with Gasteiger partial charge >= 0.3 is 5.69 Å². The maximum atomic E-state index is 13.9. The van der Waals surface area contributed by atoms with Crippen LogP contribution in [-0.4, -0.2) is 40.4 Å². The number of para-hydroxylation sites is 2. The maximum Gasteiger partial charge on any atom is 0.312 e. The van der Waals surface area contributed by atoms with E-state index in [9.17, 15) is 19.7 Å². The molecule has 0 bridgehead atoms. The lowest BCUT2D eigenvalue weighted by molar-refractivity contribution is -0.385. The summed E-state index contributed by atoms with van der Waals surface area (Å²) in [5.74, 6) is 0.398. The smallest absolute Gasteiger partial charge is 0.312 e. The Bertz CT molecular complexity index is 2040. The van der Waals surface area contributed by atoms with Crippen molar-refractivity contribution in [3.05, 3.63) is 120 Å². The summed E-state index contributed by atoms with van der Waals surface area (Å²) >= 11 is 3.32. The topological polar surface area (TPSA) is 138 Å². The molecule has 0 aliphatic carbocycles. The summed E-state index contributed by atoms with van der Waals surface area (Å²) < 4.78 is 12.9. The van der Waals surface area contributed by atoms with Gasteiger partial charge in [-0.1, -0.05) is 60.1 Å². The molecule has 11 nitrogen and oxygen atoms in total. The maximum absolute atomic E-state index is 13.9. The van der Waals surface area contributed by atoms with Gasteiger partial charge in [-0.2, -0.15) is 9.78 Å². The van der Waals surface area contributed by atoms with Gasteiger partial charge in [0.25, 0.3) is 11.5 Å². The van der Waals surface area contributed by atoms with E-state index in [1.165, 1.54) is 17.0 Å². The Kier molecular flexibility index (Phi) is 9.57. The van der Waals surface area contributed by atoms with E-state index in [1.807, 2.05) is 39.0 Å². The summed E-state index contributed by atoms with van der Waals surface area (Å²) in [6, 6.07) is 22.3. The van der Waals surface area contributed by atoms with Crippen molar-refractivity contribution in [3.8, 4) is 22.9 Å². The van der Waals surface area contributed by atoms with E-state index >= 15 is 0 Å². The third-order valence-corrected chi connectivity index (χ3v) is 7.63. The van der Waals surface area contributed by atoms with Crippen LogP contribution in [0.4, 0.5) is 11.4 Å². The van der Waals surface area contributed by atoms with E-state index in [2.05, 4.69) is 26.3 Å². The monoisotopic (exact) mass is 683 g/mol. The van der Waals surface area contributed by atoms with Crippen molar-refractivity contribution in [2.45, 2.75) is 26.7 Å². The van der Waals surface area contributed by atoms with Gasteiger partial charge in [0.15, 0.2) is 12.4 Å². The molecule has 0 unspecified atom stereocenters. The largest absolute Gasteiger partial charge is 0.496 e. The number of benzene rings is 4. The van der Waals surface area contributed by atoms with Gasteiger partial charge in [0.05, 0.1) is 29.2 Å². The molecule has 0 fully saturated rings. The van der Waals surface area contributed by atoms with Gasteiger partial charge < -0.3 is 14.8 Å². The van der Waals surface area contributed by atoms with Gasteiger partial charge in [-0.25, -0.2) is 4.98 Å². The van der Waals surface area contributed by atoms with Crippen LogP contribution in [0.15, 0.2) is 93.2 Å². The number of nitrogens with zero attached hydrogens (tertiary/aromatic N) is 4. The van der Waals surface area contributed by atoms with E-state index in [1.54, 1.807) is 61.7 Å². The summed E-state index contributed by atoms with van der Waals surface area (Å²) in [6.45, 7) is 5.46. The fourth-order valence-electron chi connectivity index (χ4n) is 4.94. The molecule has 0 spiro atoms. The summed E-state index contributed by atoms with van der Waals surface area (Å²) in [6.07, 6.45) is 1.28. The molecule has 5 aromatic rings. The number of hydrogen-bond donors (Lipinski definition) is 1. The van der Waals surface area contributed by atoms with Crippen LogP contribution in [0.25, 0.3) is 22.3 Å². The highest BCUT2D eigenvalue weighted by Crippen LogP contribution is 2.36. The Labute approximate surface area is 272 Å². The number of rotatable bonds is 10. The molecule has 1 aromatic heterocycles. The first-order chi connectivity index (χ1) is 22.1. The quantitative estimate of drug-likeness (QED) is 0.0943. The first kappa shape index (κ1) is 32.0. The van der Waals surface area contributed by atoms with Crippen molar-refractivity contribution in [2.75, 3.05) is 19.0 Å². The SMILES string of the molecule is COc1cc(C)c(-c2nc3ccccc3c(=O)n2N=Cc2cc(Br)cc([N+](=O)[O-])c2OCC(=O)Nc2ccccc2)cc1C(C)C. The summed E-state index contributed by atoms with van der Waals surface area (Å²) in [7, 11) is 1.61. The Hall–Kier alpha value is -5.36. The van der Waals surface area contributed by atoms with Gasteiger partial charge in [0.2, 0.25) is 5.75 Å². The second-order valence-electron chi connectivity index (χ2n) is 10.7. The summed E-state index contributed by atoms with van der Waals surface area (Å²) in [5, 5.41) is 19.6. The molecule has 4 aromatic carbocycles. The molecular formula is C34H30BrN5O6. The summed E-state index contributed by atoms with van der Waals surface area (Å²) in [5.41, 5.74) is 2.77. The third kappa shape index (κ3) is 6.81. The van der Waals surface area contributed by atoms with E-state index in [0.717, 1.165) is 11.1 Å². The predicted octanol–water partition coefficient (Wildman–Crippen LogP) is 7.07. The number of aromatic nitrogens is 2. The molecule has 1 N–H and O–H groups in total. The fourth-order valence-corrected chi connectivity index (χ4v) is 5.40. The number of carbonyl (C=O) groups excluding carboxylic acids is 1. The van der Waals surface area contributed by atoms with Crippen molar-refractivity contribution in [1.29, 1.82) is 0 Å². The van der Waals surface area contributed by atoms with Gasteiger partial charge in [-0.15, -0.1) is 0 Å². The van der Waals surface area contributed by atoms with Crippen molar-refractivity contribution >= 4 is 50.3 Å². The fraction of sp³-hybridized carbons (Fsp3) is 0.176. The van der Waals surface area contributed by atoms with E-state index in [0.29, 0.717) is 32.4 Å². The van der Waals surface area contributed by atoms with Gasteiger partial charge in [-0.05, 0) is 66.4 Å². The lowest BCUT2D eigenvalue weighted by Crippen LogP contribution is -2.21. The normalized spacial score (nSPS) is 11.3. The number of fused-ring (bicyclic) bond motifs is 1. The van der Waals surface area contributed by atoms with Crippen molar-refractivity contribution in [3.63, 3.8) is 0 Å². The minimum Gasteiger partial charge on any atom is -0.496 e. The van der Waals surface area contributed by atoms with Gasteiger partial charge in [-0.3, -0.25) is 19.7 Å². The number of aryl methyl sites for hydroxylation is 1. The zero-order valence-corrected chi connectivity index (χ0v) is 27.1. The van der Waals surface area contributed by atoms with E-state index in [4.69, 9.17) is 14.5 Å². The number of methoxy groups -OCH3 is 1. The molecule has 234 valence electrons. The Morgan fingerprint density at radius 3 is 2.52 bits per heavy atom. The predicted molar refractivity (Wildman–Crippen MR) is 181 cm³/mol. The highest BCUT2D eigenvalue weighted by atomic mass is 79.9. The molecule has 12 heteroatoms. The molecule has 1 amide bonds. The van der Waals surface area contributed by atoms with Crippen molar-refractivity contribution in [2.24, 2.45) is 5.10 Å². The molecule has 0 saturated carbocycles. The van der Waals surface area contributed by atoms with E-state index < -0.39 is 23.0 Å². The number of amides is 1. The zero-order valence-electron chi connectivity index (χ0n) is 25.5. The Morgan fingerprint density at radius 2 is 1.83 bits per heavy atom. The minimum atomic E-state index is -0.615. The number of nitrogens with one attached hydrogen (secondary N) is 1. The number of nitro benzene ring substituents is 1. The molecule has 0 aliphatic rings. The second kappa shape index (κ2) is 13.7. The number of halogens is 1. The van der Waals surface area contributed by atoms with Crippen LogP contribution in [0, 0.1) is 17.0 Å². The first-order valence-electron chi connectivity index (χ1n) is 14.3. The number of nitro groups is 1. The van der Waals surface area contributed by atoms with E-state index in [-0.39, 0.29) is 28.7 Å². The number of carbonyl (C=O) groups is 1. The Morgan fingerprint density at radius 1 is 1.11 bits per heavy atom. The molecule has 1 heterocycles. The standard InChI is InChI=1S/C34H30BrN5O6/c1-20(2)26-17-27(21(3)14-30(26)45-4)33-38-28-13-9-8-12-25(28)34(42)39(33)36-18-22-15-23(35)16-29(40(43)44)32(22)46-19-31(41)37-24-10-6-5-7-11-24/h5-18,20H,19H2,1-4H3,(H,37,41). The average molecular weight is 685 g/mol. The third-order valence-electron chi connectivity index (χ3n) is 7.17. The average Bonchev–Trinajstić information content (AvgIpc) is 3.03. The van der Waals surface area contributed by atoms with Gasteiger partial charge in [0, 0.05) is 27.4 Å². The lowest BCUT2D eigenvalue weighted by Gasteiger charge is -2.17. The molecule has 46 heavy (non-hydrogen) atoms. The van der Waals surface area contributed by atoms with Crippen LogP contribution >= 0.6 is 15.9 Å².